The summed E-state index contributed by atoms with van der Waals surface area (Å²) in [6, 6.07) is 13.5. The van der Waals surface area contributed by atoms with Gasteiger partial charge >= 0.3 is 0 Å². The first-order valence-electron chi connectivity index (χ1n) is 10.9. The lowest BCUT2D eigenvalue weighted by molar-refractivity contribution is -0.122. The van der Waals surface area contributed by atoms with Crippen molar-refractivity contribution in [2.45, 2.75) is 52.1 Å². The summed E-state index contributed by atoms with van der Waals surface area (Å²) in [7, 11) is -3.94. The number of aromatic nitrogens is 2. The lowest BCUT2D eigenvalue weighted by Gasteiger charge is -2.15. The van der Waals surface area contributed by atoms with Crippen molar-refractivity contribution in [2.24, 2.45) is 5.14 Å². The first kappa shape index (κ1) is 26.8. The Labute approximate surface area is 209 Å². The maximum atomic E-state index is 14.5. The topological polar surface area (TPSA) is 119 Å². The second-order valence-electron chi connectivity index (χ2n) is 9.32. The first-order valence-corrected chi connectivity index (χ1v) is 12.9. The Morgan fingerprint density at radius 2 is 1.89 bits per heavy atom. The Morgan fingerprint density at radius 1 is 1.17 bits per heavy atom. The van der Waals surface area contributed by atoms with Crippen LogP contribution >= 0.6 is 11.6 Å². The average Bonchev–Trinajstić information content (AvgIpc) is 3.20. The van der Waals surface area contributed by atoms with Gasteiger partial charge in [0.1, 0.15) is 5.82 Å². The molecule has 1 amide bonds. The minimum Gasteiger partial charge on any atom is -0.350 e. The van der Waals surface area contributed by atoms with E-state index in [9.17, 15) is 17.6 Å². The highest BCUT2D eigenvalue weighted by molar-refractivity contribution is 7.87. The summed E-state index contributed by atoms with van der Waals surface area (Å²) in [4.78, 5) is 12.9. The summed E-state index contributed by atoms with van der Waals surface area (Å²) in [6.45, 7) is 7.75. The van der Waals surface area contributed by atoms with Crippen LogP contribution in [0.25, 0.3) is 5.69 Å². The molecular formula is C24H29ClFN5O3S. The molecule has 1 heterocycles. The Balaban J connectivity index is 1.76. The normalized spacial score (nSPS) is 13.0. The zero-order valence-electron chi connectivity index (χ0n) is 20.0. The third kappa shape index (κ3) is 7.11. The standard InChI is InChI=1S/C24H29ClFN5O3S/c1-15(16-8-9-17(21(26)10-16)13-29-35(27,33)34)23(32)28-14-20-12-22(24(2,3)4)30-31(20)19-7-5-6-18(25)11-19/h5-12,15,29H,13-14H2,1-4H3,(H,28,32)(H2,27,33,34). The molecule has 1 unspecified atom stereocenters. The Morgan fingerprint density at radius 3 is 2.49 bits per heavy atom. The van der Waals surface area contributed by atoms with Gasteiger partial charge in [-0.2, -0.15) is 18.2 Å². The van der Waals surface area contributed by atoms with Crippen molar-refractivity contribution in [2.75, 3.05) is 0 Å². The van der Waals surface area contributed by atoms with E-state index in [2.05, 4.69) is 26.1 Å². The highest BCUT2D eigenvalue weighted by Crippen LogP contribution is 2.25. The number of hydrogen-bond acceptors (Lipinski definition) is 4. The first-order chi connectivity index (χ1) is 16.2. The highest BCUT2D eigenvalue weighted by atomic mass is 35.5. The lowest BCUT2D eigenvalue weighted by Crippen LogP contribution is -2.30. The van der Waals surface area contributed by atoms with Gasteiger partial charge in [-0.1, -0.05) is 50.6 Å². The van der Waals surface area contributed by atoms with E-state index in [-0.39, 0.29) is 30.0 Å². The number of amides is 1. The van der Waals surface area contributed by atoms with Crippen molar-refractivity contribution in [3.8, 4) is 5.69 Å². The summed E-state index contributed by atoms with van der Waals surface area (Å²) < 4.78 is 40.3. The van der Waals surface area contributed by atoms with Crippen molar-refractivity contribution in [3.05, 3.63) is 81.9 Å². The Hall–Kier alpha value is -2.79. The highest BCUT2D eigenvalue weighted by Gasteiger charge is 2.22. The predicted octanol–water partition coefficient (Wildman–Crippen LogP) is 3.68. The number of nitrogens with two attached hydrogens (primary N) is 1. The third-order valence-electron chi connectivity index (χ3n) is 5.48. The van der Waals surface area contributed by atoms with Crippen molar-refractivity contribution in [3.63, 3.8) is 0 Å². The molecule has 4 N–H and O–H groups in total. The Bertz CT molecular complexity index is 1340. The van der Waals surface area contributed by atoms with Gasteiger partial charge < -0.3 is 5.32 Å². The van der Waals surface area contributed by atoms with Crippen molar-refractivity contribution < 1.29 is 17.6 Å². The quantitative estimate of drug-likeness (QED) is 0.419. The van der Waals surface area contributed by atoms with E-state index >= 15 is 0 Å². The fourth-order valence-corrected chi connectivity index (χ4v) is 3.92. The van der Waals surface area contributed by atoms with Crippen molar-refractivity contribution >= 4 is 27.7 Å². The van der Waals surface area contributed by atoms with Gasteiger partial charge in [0.25, 0.3) is 10.2 Å². The average molecular weight is 522 g/mol. The van der Waals surface area contributed by atoms with E-state index in [1.807, 2.05) is 22.9 Å². The largest absolute Gasteiger partial charge is 0.350 e. The number of halogens is 2. The number of nitrogens with one attached hydrogen (secondary N) is 2. The van der Waals surface area contributed by atoms with Crippen LogP contribution in [0.3, 0.4) is 0 Å². The molecule has 0 spiro atoms. The summed E-state index contributed by atoms with van der Waals surface area (Å²) >= 11 is 6.17. The summed E-state index contributed by atoms with van der Waals surface area (Å²) in [5, 5.41) is 13.1. The fourth-order valence-electron chi connectivity index (χ4n) is 3.38. The molecule has 11 heteroatoms. The molecule has 0 aliphatic rings. The van der Waals surface area contributed by atoms with Crippen LogP contribution in [-0.2, 0) is 33.5 Å². The maximum Gasteiger partial charge on any atom is 0.274 e. The molecule has 1 aromatic heterocycles. The monoisotopic (exact) mass is 521 g/mol. The van der Waals surface area contributed by atoms with Crippen LogP contribution in [0, 0.1) is 5.82 Å². The van der Waals surface area contributed by atoms with Crippen LogP contribution in [0.5, 0.6) is 0 Å². The second-order valence-corrected chi connectivity index (χ2v) is 11.1. The molecule has 2 aromatic carbocycles. The molecule has 0 radical (unpaired) electrons. The van der Waals surface area contributed by atoms with Gasteiger partial charge in [0.15, 0.2) is 0 Å². The molecule has 0 fully saturated rings. The second kappa shape index (κ2) is 10.4. The zero-order chi connectivity index (χ0) is 26.0. The zero-order valence-corrected chi connectivity index (χ0v) is 21.5. The summed E-state index contributed by atoms with van der Waals surface area (Å²) in [6.07, 6.45) is 0. The molecule has 1 atom stereocenters. The molecule has 0 saturated heterocycles. The molecule has 188 valence electrons. The summed E-state index contributed by atoms with van der Waals surface area (Å²) in [5.41, 5.74) is 2.78. The van der Waals surface area contributed by atoms with E-state index in [1.165, 1.54) is 12.1 Å². The van der Waals surface area contributed by atoms with Crippen LogP contribution in [0.4, 0.5) is 4.39 Å². The molecule has 35 heavy (non-hydrogen) atoms. The molecular weight excluding hydrogens is 493 g/mol. The van der Waals surface area contributed by atoms with E-state index < -0.39 is 21.9 Å². The van der Waals surface area contributed by atoms with Gasteiger partial charge in [-0.15, -0.1) is 0 Å². The SMILES string of the molecule is CC(C(=O)NCc1cc(C(C)(C)C)nn1-c1cccc(Cl)c1)c1ccc(CNS(N)(=O)=O)c(F)c1. The van der Waals surface area contributed by atoms with E-state index in [0.717, 1.165) is 17.1 Å². The Kier molecular flexibility index (Phi) is 8.00. The molecule has 0 aliphatic carbocycles. The maximum absolute atomic E-state index is 14.5. The number of carbonyl (C=O) groups is 1. The van der Waals surface area contributed by atoms with E-state index in [4.69, 9.17) is 21.8 Å². The van der Waals surface area contributed by atoms with Crippen LogP contribution in [-0.4, -0.2) is 24.1 Å². The third-order valence-corrected chi connectivity index (χ3v) is 6.26. The smallest absolute Gasteiger partial charge is 0.274 e. The minimum atomic E-state index is -3.94. The van der Waals surface area contributed by atoms with Crippen LogP contribution in [0.1, 0.15) is 56.1 Å². The van der Waals surface area contributed by atoms with E-state index in [0.29, 0.717) is 10.6 Å². The van der Waals surface area contributed by atoms with Crippen molar-refractivity contribution in [1.29, 1.82) is 0 Å². The molecule has 0 bridgehead atoms. The number of rotatable bonds is 8. The van der Waals surface area contributed by atoms with Gasteiger partial charge in [0.2, 0.25) is 5.91 Å². The van der Waals surface area contributed by atoms with E-state index in [1.54, 1.807) is 29.8 Å². The van der Waals surface area contributed by atoms with Crippen molar-refractivity contribution in [1.82, 2.24) is 19.8 Å². The van der Waals surface area contributed by atoms with Gasteiger partial charge in [0, 0.05) is 22.5 Å². The summed E-state index contributed by atoms with van der Waals surface area (Å²) in [5.74, 6) is -1.57. The number of nitrogens with zero attached hydrogens (tertiary/aromatic N) is 2. The van der Waals surface area contributed by atoms with Crippen LogP contribution in [0.15, 0.2) is 48.5 Å². The molecule has 8 nitrogen and oxygen atoms in total. The van der Waals surface area contributed by atoms with Gasteiger partial charge in [-0.3, -0.25) is 4.79 Å². The fraction of sp³-hybridized carbons (Fsp3) is 0.333. The molecule has 3 aromatic rings. The molecule has 0 saturated carbocycles. The predicted molar refractivity (Wildman–Crippen MR) is 134 cm³/mol. The number of carbonyl (C=O) groups excluding carboxylic acids is 1. The van der Waals surface area contributed by atoms with Crippen LogP contribution < -0.4 is 15.2 Å². The molecule has 3 rings (SSSR count). The number of hydrogen-bond donors (Lipinski definition) is 3. The molecule has 0 aliphatic heterocycles. The minimum absolute atomic E-state index is 0.121. The van der Waals surface area contributed by atoms with Gasteiger partial charge in [-0.25, -0.2) is 14.2 Å². The lowest BCUT2D eigenvalue weighted by atomic mass is 9.92. The van der Waals surface area contributed by atoms with Gasteiger partial charge in [-0.05, 0) is 42.8 Å². The van der Waals surface area contributed by atoms with Gasteiger partial charge in [0.05, 0.1) is 29.5 Å². The number of benzene rings is 2. The van der Waals surface area contributed by atoms with Crippen LogP contribution in [0.2, 0.25) is 5.02 Å².